The third-order valence-corrected chi connectivity index (χ3v) is 2.62. The van der Waals surface area contributed by atoms with Crippen LogP contribution in [0.5, 0.6) is 0 Å². The van der Waals surface area contributed by atoms with E-state index in [0.717, 1.165) is 5.69 Å². The first-order valence-electron chi connectivity index (χ1n) is 4.08. The van der Waals surface area contributed by atoms with Crippen LogP contribution < -0.4 is 0 Å². The predicted molar refractivity (Wildman–Crippen MR) is 53.7 cm³/mol. The lowest BCUT2D eigenvalue weighted by Crippen LogP contribution is -2.01. The zero-order valence-electron chi connectivity index (χ0n) is 7.73. The van der Waals surface area contributed by atoms with Crippen molar-refractivity contribution in [2.45, 2.75) is 11.8 Å². The van der Waals surface area contributed by atoms with Crippen LogP contribution in [0.25, 0.3) is 0 Å². The van der Waals surface area contributed by atoms with Gasteiger partial charge in [0.2, 0.25) is 0 Å². The summed E-state index contributed by atoms with van der Waals surface area (Å²) in [5.41, 5.74) is 0.962. The van der Waals surface area contributed by atoms with E-state index in [1.54, 1.807) is 13.0 Å². The molecule has 0 saturated carbocycles. The number of aryl methyl sites for hydroxylation is 1. The van der Waals surface area contributed by atoms with Gasteiger partial charge in [0.05, 0.1) is 12.2 Å². The van der Waals surface area contributed by atoms with Crippen LogP contribution in [0, 0.1) is 6.92 Å². The Kier molecular flexibility index (Phi) is 3.91. The maximum Gasteiger partial charge on any atom is 0.338 e. The van der Waals surface area contributed by atoms with E-state index in [1.807, 2.05) is 0 Å². The third-order valence-electron chi connectivity index (χ3n) is 1.58. The second-order valence-electron chi connectivity index (χ2n) is 2.70. The Morgan fingerprint density at radius 1 is 1.64 bits per heavy atom. The second-order valence-corrected chi connectivity index (χ2v) is 3.84. The first kappa shape index (κ1) is 11.0. The summed E-state index contributed by atoms with van der Waals surface area (Å²) in [4.78, 5) is 15.3. The highest BCUT2D eigenvalue weighted by Gasteiger charge is 2.10. The number of carboxylic acid groups (broad SMARTS) is 1. The van der Waals surface area contributed by atoms with E-state index >= 15 is 0 Å². The summed E-state index contributed by atoms with van der Waals surface area (Å²) in [5.74, 6) is -0.498. The largest absolute Gasteiger partial charge is 0.478 e. The molecule has 1 aromatic heterocycles. The molecule has 0 bridgehead atoms. The van der Waals surface area contributed by atoms with Gasteiger partial charge >= 0.3 is 5.97 Å². The summed E-state index contributed by atoms with van der Waals surface area (Å²) in [5, 5.41) is 17.5. The molecule has 0 unspecified atom stereocenters. The van der Waals surface area contributed by atoms with Gasteiger partial charge in [-0.1, -0.05) is 0 Å². The first-order valence-corrected chi connectivity index (χ1v) is 5.07. The minimum Gasteiger partial charge on any atom is -0.478 e. The Hall–Kier alpha value is -1.07. The van der Waals surface area contributed by atoms with Crippen molar-refractivity contribution in [3.8, 4) is 0 Å². The topological polar surface area (TPSA) is 70.4 Å². The summed E-state index contributed by atoms with van der Waals surface area (Å²) < 4.78 is 0. The van der Waals surface area contributed by atoms with E-state index in [-0.39, 0.29) is 12.2 Å². The number of aromatic carboxylic acids is 1. The molecule has 0 aliphatic rings. The second kappa shape index (κ2) is 4.97. The lowest BCUT2D eigenvalue weighted by molar-refractivity contribution is 0.0692. The number of pyridine rings is 1. The fourth-order valence-electron chi connectivity index (χ4n) is 0.970. The highest BCUT2D eigenvalue weighted by molar-refractivity contribution is 7.99. The number of rotatable bonds is 4. The maximum absolute atomic E-state index is 10.8. The molecule has 1 rings (SSSR count). The molecule has 0 radical (unpaired) electrons. The number of carbonyl (C=O) groups is 1. The number of nitrogens with zero attached hydrogens (tertiary/aromatic N) is 1. The number of thioether (sulfide) groups is 1. The number of carboxylic acids is 1. The van der Waals surface area contributed by atoms with Gasteiger partial charge in [-0.15, -0.1) is 11.8 Å². The summed E-state index contributed by atoms with van der Waals surface area (Å²) in [6, 6.07) is 1.71. The van der Waals surface area contributed by atoms with Crippen molar-refractivity contribution in [3.05, 3.63) is 23.5 Å². The van der Waals surface area contributed by atoms with Gasteiger partial charge in [0.1, 0.15) is 0 Å². The van der Waals surface area contributed by atoms with Gasteiger partial charge in [-0.3, -0.25) is 4.98 Å². The number of hydrogen-bond acceptors (Lipinski definition) is 4. The maximum atomic E-state index is 10.8. The van der Waals surface area contributed by atoms with Crippen molar-refractivity contribution < 1.29 is 15.0 Å². The van der Waals surface area contributed by atoms with Crippen molar-refractivity contribution >= 4 is 17.7 Å². The number of aliphatic hydroxyl groups is 1. The zero-order valence-corrected chi connectivity index (χ0v) is 8.54. The van der Waals surface area contributed by atoms with E-state index in [4.69, 9.17) is 10.2 Å². The fourth-order valence-corrected chi connectivity index (χ4v) is 1.83. The molecule has 4 nitrogen and oxygen atoms in total. The quantitative estimate of drug-likeness (QED) is 0.735. The van der Waals surface area contributed by atoms with Crippen molar-refractivity contribution in [2.75, 3.05) is 12.4 Å². The standard InChI is InChI=1S/C9H11NO3S/c1-6-4-8(14-3-2-11)7(5-10-6)9(12)13/h4-5,11H,2-3H2,1H3,(H,12,13). The van der Waals surface area contributed by atoms with Crippen LogP contribution in [0.1, 0.15) is 16.1 Å². The lowest BCUT2D eigenvalue weighted by Gasteiger charge is -2.04. The van der Waals surface area contributed by atoms with Gasteiger partial charge in [0.15, 0.2) is 0 Å². The molecule has 0 aliphatic carbocycles. The average molecular weight is 213 g/mol. The molecule has 14 heavy (non-hydrogen) atoms. The monoisotopic (exact) mass is 213 g/mol. The van der Waals surface area contributed by atoms with Crippen LogP contribution in [0.2, 0.25) is 0 Å². The van der Waals surface area contributed by atoms with Crippen LogP contribution in [-0.4, -0.2) is 33.5 Å². The van der Waals surface area contributed by atoms with Crippen molar-refractivity contribution in [1.29, 1.82) is 0 Å². The van der Waals surface area contributed by atoms with Crippen molar-refractivity contribution in [3.63, 3.8) is 0 Å². The van der Waals surface area contributed by atoms with Gasteiger partial charge in [-0.2, -0.15) is 0 Å². The normalized spacial score (nSPS) is 10.1. The van der Waals surface area contributed by atoms with Crippen molar-refractivity contribution in [1.82, 2.24) is 4.98 Å². The van der Waals surface area contributed by atoms with Crippen LogP contribution in [0.15, 0.2) is 17.2 Å². The molecular formula is C9H11NO3S. The van der Waals surface area contributed by atoms with Crippen LogP contribution in [0.3, 0.4) is 0 Å². The molecule has 2 N–H and O–H groups in total. The molecule has 0 saturated heterocycles. The fraction of sp³-hybridized carbons (Fsp3) is 0.333. The van der Waals surface area contributed by atoms with Crippen LogP contribution >= 0.6 is 11.8 Å². The Labute approximate surface area is 86.0 Å². The average Bonchev–Trinajstić information content (AvgIpc) is 2.14. The summed E-state index contributed by atoms with van der Waals surface area (Å²) >= 11 is 1.32. The molecule has 1 aromatic rings. The first-order chi connectivity index (χ1) is 6.65. The van der Waals surface area contributed by atoms with Crippen molar-refractivity contribution in [2.24, 2.45) is 0 Å². The van der Waals surface area contributed by atoms with E-state index in [1.165, 1.54) is 18.0 Å². The summed E-state index contributed by atoms with van der Waals surface area (Å²) in [6.07, 6.45) is 1.34. The summed E-state index contributed by atoms with van der Waals surface area (Å²) in [7, 11) is 0. The van der Waals surface area contributed by atoms with E-state index < -0.39 is 5.97 Å². The van der Waals surface area contributed by atoms with E-state index in [0.29, 0.717) is 10.6 Å². The lowest BCUT2D eigenvalue weighted by atomic mass is 10.2. The SMILES string of the molecule is Cc1cc(SCCO)c(C(=O)O)cn1. The molecule has 5 heteroatoms. The smallest absolute Gasteiger partial charge is 0.338 e. The number of aliphatic hydroxyl groups excluding tert-OH is 1. The minimum atomic E-state index is -0.988. The predicted octanol–water partition coefficient (Wildman–Crippen LogP) is 1.17. The Morgan fingerprint density at radius 3 is 2.93 bits per heavy atom. The van der Waals surface area contributed by atoms with E-state index in [2.05, 4.69) is 4.98 Å². The van der Waals surface area contributed by atoms with Crippen LogP contribution in [-0.2, 0) is 0 Å². The molecule has 0 atom stereocenters. The van der Waals surface area contributed by atoms with Gasteiger partial charge in [0.25, 0.3) is 0 Å². The minimum absolute atomic E-state index is 0.0328. The Balaban J connectivity index is 2.97. The third kappa shape index (κ3) is 2.71. The zero-order chi connectivity index (χ0) is 10.6. The molecule has 0 amide bonds. The molecule has 0 aromatic carbocycles. The molecular weight excluding hydrogens is 202 g/mol. The highest BCUT2D eigenvalue weighted by atomic mass is 32.2. The molecule has 0 fully saturated rings. The molecule has 1 heterocycles. The Bertz CT molecular complexity index is 341. The number of hydrogen-bond donors (Lipinski definition) is 2. The molecule has 0 spiro atoms. The van der Waals surface area contributed by atoms with Gasteiger partial charge in [-0.05, 0) is 13.0 Å². The Morgan fingerprint density at radius 2 is 2.36 bits per heavy atom. The van der Waals surface area contributed by atoms with Gasteiger partial charge in [0, 0.05) is 22.5 Å². The van der Waals surface area contributed by atoms with E-state index in [9.17, 15) is 4.79 Å². The highest BCUT2D eigenvalue weighted by Crippen LogP contribution is 2.22. The molecule has 76 valence electrons. The summed E-state index contributed by atoms with van der Waals surface area (Å²) in [6.45, 7) is 1.83. The number of aromatic nitrogens is 1. The van der Waals surface area contributed by atoms with Gasteiger partial charge < -0.3 is 10.2 Å². The van der Waals surface area contributed by atoms with Gasteiger partial charge in [-0.25, -0.2) is 4.79 Å². The molecule has 0 aliphatic heterocycles. The van der Waals surface area contributed by atoms with Crippen LogP contribution in [0.4, 0.5) is 0 Å².